The van der Waals surface area contributed by atoms with E-state index in [0.717, 1.165) is 0 Å². The minimum Gasteiger partial charge on any atom is -0.660 e. The van der Waals surface area contributed by atoms with Crippen molar-refractivity contribution in [2.75, 3.05) is 11.9 Å². The standard InChI is InChI=1S/C10H16N3O5P/c11-8-3-5-13(10(14)12-8)9-2-1-7(18-9)4-6-19(15,16)17/h3,5,7,9H,1-2,4,6H2,(H2,11,12,14)(H2,15,16,17)/p-1/t7-,9+/m0/s1. The third-order valence-corrected chi connectivity index (χ3v) is 3.80. The van der Waals surface area contributed by atoms with E-state index < -0.39 is 19.9 Å². The molecule has 0 saturated carbocycles. The van der Waals surface area contributed by atoms with Crippen LogP contribution >= 0.6 is 7.94 Å². The molecule has 9 heteroatoms. The molecule has 1 saturated heterocycles. The van der Waals surface area contributed by atoms with E-state index >= 15 is 0 Å². The summed E-state index contributed by atoms with van der Waals surface area (Å²) in [5.41, 5.74) is 4.89. The molecule has 2 heterocycles. The van der Waals surface area contributed by atoms with Crippen LogP contribution in [-0.2, 0) is 4.74 Å². The van der Waals surface area contributed by atoms with Crippen LogP contribution in [0.15, 0.2) is 17.1 Å². The van der Waals surface area contributed by atoms with Crippen LogP contribution in [0.4, 0.5) is 5.82 Å². The Morgan fingerprint density at radius 2 is 2.32 bits per heavy atom. The van der Waals surface area contributed by atoms with Gasteiger partial charge >= 0.3 is 5.69 Å². The molecule has 0 radical (unpaired) electrons. The van der Waals surface area contributed by atoms with Gasteiger partial charge in [0.25, 0.3) is 0 Å². The molecule has 1 aromatic heterocycles. The molecule has 0 amide bonds. The van der Waals surface area contributed by atoms with Crippen LogP contribution in [0.1, 0.15) is 25.5 Å². The molecule has 0 aromatic carbocycles. The average molecular weight is 288 g/mol. The first kappa shape index (κ1) is 14.4. The fraction of sp³-hybridized carbons (Fsp3) is 0.600. The first-order valence-corrected chi connectivity index (χ1v) is 7.64. The summed E-state index contributed by atoms with van der Waals surface area (Å²) in [5, 5.41) is 0. The molecule has 2 rings (SSSR count). The lowest BCUT2D eigenvalue weighted by Gasteiger charge is -2.28. The van der Waals surface area contributed by atoms with Crippen molar-refractivity contribution in [1.82, 2.24) is 9.55 Å². The molecule has 106 valence electrons. The Kier molecular flexibility index (Phi) is 4.17. The number of rotatable bonds is 4. The Labute approximate surface area is 110 Å². The number of hydrogen-bond donors (Lipinski definition) is 2. The zero-order valence-corrected chi connectivity index (χ0v) is 11.0. The number of anilines is 1. The number of aromatic nitrogens is 2. The quantitative estimate of drug-likeness (QED) is 0.634. The van der Waals surface area contributed by atoms with Crippen LogP contribution in [0.3, 0.4) is 0 Å². The molecular weight excluding hydrogens is 273 g/mol. The molecule has 1 fully saturated rings. The van der Waals surface area contributed by atoms with E-state index in [-0.39, 0.29) is 24.5 Å². The summed E-state index contributed by atoms with van der Waals surface area (Å²) >= 11 is 0. The predicted molar refractivity (Wildman–Crippen MR) is 64.7 cm³/mol. The van der Waals surface area contributed by atoms with Crippen LogP contribution < -0.4 is 21.2 Å². The number of ether oxygens (including phenoxy) is 1. The third-order valence-electron chi connectivity index (χ3n) is 2.98. The maximum Gasteiger partial charge on any atom is 0.351 e. The molecule has 0 unspecified atom stereocenters. The van der Waals surface area contributed by atoms with Crippen LogP contribution in [0.5, 0.6) is 0 Å². The van der Waals surface area contributed by atoms with Gasteiger partial charge < -0.3 is 20.3 Å². The van der Waals surface area contributed by atoms with Gasteiger partial charge in [-0.3, -0.25) is 9.46 Å². The normalized spacial score (nSPS) is 23.7. The summed E-state index contributed by atoms with van der Waals surface area (Å²) in [7, 11) is -4.25. The van der Waals surface area contributed by atoms with E-state index in [1.165, 1.54) is 16.8 Å². The monoisotopic (exact) mass is 288 g/mol. The molecule has 3 N–H and O–H groups in total. The Balaban J connectivity index is 1.96. The van der Waals surface area contributed by atoms with Gasteiger partial charge in [-0.05, 0) is 18.9 Å². The van der Waals surface area contributed by atoms with Crippen molar-refractivity contribution in [3.63, 3.8) is 0 Å². The van der Waals surface area contributed by atoms with Crippen molar-refractivity contribution < 1.29 is 19.4 Å². The van der Waals surface area contributed by atoms with Crippen molar-refractivity contribution >= 4 is 13.8 Å². The van der Waals surface area contributed by atoms with Gasteiger partial charge in [0.2, 0.25) is 0 Å². The molecule has 2 atom stereocenters. The summed E-state index contributed by atoms with van der Waals surface area (Å²) in [5.74, 6) is 0.142. The molecule has 0 aliphatic carbocycles. The van der Waals surface area contributed by atoms with Gasteiger partial charge in [0.1, 0.15) is 12.0 Å². The van der Waals surface area contributed by atoms with E-state index in [1.54, 1.807) is 0 Å². The van der Waals surface area contributed by atoms with Crippen LogP contribution in [0.25, 0.3) is 0 Å². The second-order valence-corrected chi connectivity index (χ2v) is 6.20. The van der Waals surface area contributed by atoms with E-state index in [2.05, 4.69) is 4.98 Å². The smallest absolute Gasteiger partial charge is 0.351 e. The van der Waals surface area contributed by atoms with Gasteiger partial charge in [0, 0.05) is 20.6 Å². The van der Waals surface area contributed by atoms with Gasteiger partial charge in [0.05, 0.1) is 12.3 Å². The van der Waals surface area contributed by atoms with Crippen molar-refractivity contribution in [3.05, 3.63) is 22.7 Å². The SMILES string of the molecule is Nc1ccn([C@H]2CC[C@@H](CC[P+]([O-])([O-])O)O2)c(=O)n1. The van der Waals surface area contributed by atoms with Gasteiger partial charge in [-0.25, -0.2) is 4.79 Å². The lowest BCUT2D eigenvalue weighted by atomic mass is 10.2. The fourth-order valence-corrected chi connectivity index (χ4v) is 2.67. The van der Waals surface area contributed by atoms with E-state index in [4.69, 9.17) is 15.4 Å². The highest BCUT2D eigenvalue weighted by atomic mass is 31.2. The third kappa shape index (κ3) is 3.95. The number of nitrogens with two attached hydrogens (primary N) is 1. The Morgan fingerprint density at radius 3 is 2.95 bits per heavy atom. The highest BCUT2D eigenvalue weighted by Crippen LogP contribution is 2.37. The Hall–Kier alpha value is -1.05. The van der Waals surface area contributed by atoms with Crippen LogP contribution in [-0.4, -0.2) is 26.7 Å². The number of nitrogens with zero attached hydrogens (tertiary/aromatic N) is 2. The zero-order chi connectivity index (χ0) is 14.0. The molecular formula is C10H15N3O5P-. The van der Waals surface area contributed by atoms with Gasteiger partial charge in [0.15, 0.2) is 0 Å². The molecule has 1 aromatic rings. The minimum absolute atomic E-state index is 0.142. The first-order valence-electron chi connectivity index (χ1n) is 5.88. The van der Waals surface area contributed by atoms with Gasteiger partial charge in [-0.1, -0.05) is 0 Å². The fourth-order valence-electron chi connectivity index (χ4n) is 2.06. The maximum absolute atomic E-state index is 11.6. The van der Waals surface area contributed by atoms with Crippen molar-refractivity contribution in [2.24, 2.45) is 0 Å². The largest absolute Gasteiger partial charge is 0.660 e. The lowest BCUT2D eigenvalue weighted by Crippen LogP contribution is -2.28. The first-order chi connectivity index (χ1) is 8.85. The second-order valence-electron chi connectivity index (χ2n) is 4.48. The minimum atomic E-state index is -4.25. The Bertz CT molecular complexity index is 501. The number of nitrogen functional groups attached to an aromatic ring is 1. The van der Waals surface area contributed by atoms with Gasteiger partial charge in [-0.15, -0.1) is 0 Å². The van der Waals surface area contributed by atoms with E-state index in [0.29, 0.717) is 12.8 Å². The summed E-state index contributed by atoms with van der Waals surface area (Å²) in [6.07, 6.45) is 1.86. The molecule has 1 aliphatic heterocycles. The van der Waals surface area contributed by atoms with E-state index in [9.17, 15) is 14.6 Å². The van der Waals surface area contributed by atoms with Crippen molar-refractivity contribution in [2.45, 2.75) is 31.6 Å². The van der Waals surface area contributed by atoms with Crippen molar-refractivity contribution in [3.8, 4) is 0 Å². The highest BCUT2D eigenvalue weighted by molar-refractivity contribution is 7.55. The topological polar surface area (TPSA) is 136 Å². The molecule has 19 heavy (non-hydrogen) atoms. The van der Waals surface area contributed by atoms with Crippen molar-refractivity contribution in [1.29, 1.82) is 0 Å². The molecule has 1 aliphatic rings. The van der Waals surface area contributed by atoms with Gasteiger partial charge in [-0.2, -0.15) is 4.98 Å². The maximum atomic E-state index is 11.6. The molecule has 0 bridgehead atoms. The Morgan fingerprint density at radius 1 is 1.58 bits per heavy atom. The second kappa shape index (κ2) is 5.52. The van der Waals surface area contributed by atoms with Crippen LogP contribution in [0, 0.1) is 0 Å². The van der Waals surface area contributed by atoms with E-state index in [1.807, 2.05) is 0 Å². The average Bonchev–Trinajstić information content (AvgIpc) is 2.74. The predicted octanol–water partition coefficient (Wildman–Crippen LogP) is -1.63. The highest BCUT2D eigenvalue weighted by Gasteiger charge is 2.28. The summed E-state index contributed by atoms with van der Waals surface area (Å²) < 4.78 is 6.90. The summed E-state index contributed by atoms with van der Waals surface area (Å²) in [4.78, 5) is 45.3. The zero-order valence-electron chi connectivity index (χ0n) is 10.1. The summed E-state index contributed by atoms with van der Waals surface area (Å²) in [6.45, 7) is 0. The summed E-state index contributed by atoms with van der Waals surface area (Å²) in [6, 6.07) is 1.50. The molecule has 0 spiro atoms. The number of hydrogen-bond acceptors (Lipinski definition) is 7. The van der Waals surface area contributed by atoms with Crippen LogP contribution in [0.2, 0.25) is 0 Å². The molecule has 8 nitrogen and oxygen atoms in total. The lowest BCUT2D eigenvalue weighted by molar-refractivity contribution is -0.331.